The van der Waals surface area contributed by atoms with Crippen molar-refractivity contribution < 1.29 is 19.4 Å². The number of carbonyl (C=O) groups excluding carboxylic acids is 2. The van der Waals surface area contributed by atoms with Gasteiger partial charge in [-0.05, 0) is 6.92 Å². The minimum atomic E-state index is -1.34. The van der Waals surface area contributed by atoms with E-state index in [1.807, 2.05) is 0 Å². The molecule has 0 fully saturated rings. The van der Waals surface area contributed by atoms with Crippen LogP contribution in [0.4, 0.5) is 0 Å². The third-order valence-electron chi connectivity index (χ3n) is 1.70. The third kappa shape index (κ3) is 2.06. The maximum Gasteiger partial charge on any atom is 0.316 e. The zero-order chi connectivity index (χ0) is 9.84. The highest BCUT2D eigenvalue weighted by Gasteiger charge is 2.33. The van der Waals surface area contributed by atoms with Crippen LogP contribution in [0.3, 0.4) is 0 Å². The zero-order valence-corrected chi connectivity index (χ0v) is 7.19. The molecule has 0 aliphatic carbocycles. The van der Waals surface area contributed by atoms with Crippen LogP contribution in [-0.2, 0) is 14.3 Å². The Morgan fingerprint density at radius 3 is 3.08 bits per heavy atom. The van der Waals surface area contributed by atoms with Gasteiger partial charge in [0, 0.05) is 6.20 Å². The highest BCUT2D eigenvalue weighted by molar-refractivity contribution is 5.90. The lowest BCUT2D eigenvalue weighted by molar-refractivity contribution is -0.153. The summed E-state index contributed by atoms with van der Waals surface area (Å²) in [6, 6.07) is 0. The summed E-state index contributed by atoms with van der Waals surface area (Å²) < 4.78 is 4.67. The number of hydrogen-bond donors (Lipinski definition) is 2. The van der Waals surface area contributed by atoms with Gasteiger partial charge in [0.1, 0.15) is 12.0 Å². The lowest BCUT2D eigenvalue weighted by atomic mass is 10.00. The average Bonchev–Trinajstić information content (AvgIpc) is 2.10. The fourth-order valence-electron chi connectivity index (χ4n) is 1.03. The average molecular weight is 185 g/mol. The van der Waals surface area contributed by atoms with Crippen LogP contribution in [0.5, 0.6) is 0 Å². The molecule has 0 aromatic carbocycles. The predicted molar refractivity (Wildman–Crippen MR) is 43.4 cm³/mol. The summed E-state index contributed by atoms with van der Waals surface area (Å²) in [5.74, 6) is -2.05. The number of aliphatic hydroxyl groups excluding tert-OH is 1. The van der Waals surface area contributed by atoms with Crippen LogP contribution >= 0.6 is 0 Å². The summed E-state index contributed by atoms with van der Waals surface area (Å²) in [4.78, 5) is 22.0. The smallest absolute Gasteiger partial charge is 0.316 e. The van der Waals surface area contributed by atoms with Crippen LogP contribution in [-0.4, -0.2) is 29.7 Å². The summed E-state index contributed by atoms with van der Waals surface area (Å²) in [6.45, 7) is 1.90. The summed E-state index contributed by atoms with van der Waals surface area (Å²) in [6.07, 6.45) is 1.39. The van der Waals surface area contributed by atoms with Crippen molar-refractivity contribution in [2.24, 2.45) is 5.92 Å². The second-order valence-corrected chi connectivity index (χ2v) is 2.59. The number of aliphatic hydroxyl groups is 1. The molecule has 2 unspecified atom stereocenters. The van der Waals surface area contributed by atoms with Gasteiger partial charge in [-0.25, -0.2) is 0 Å². The van der Waals surface area contributed by atoms with E-state index in [4.69, 9.17) is 0 Å². The minimum absolute atomic E-state index is 0.234. The van der Waals surface area contributed by atoms with E-state index in [0.717, 1.165) is 0 Å². The summed E-state index contributed by atoms with van der Waals surface area (Å²) in [5.41, 5.74) is 0. The molecule has 0 aromatic rings. The molecule has 1 heterocycles. The molecule has 2 N–H and O–H groups in total. The van der Waals surface area contributed by atoms with E-state index in [9.17, 15) is 14.7 Å². The number of ether oxygens (including phenoxy) is 1. The molecule has 2 atom stereocenters. The Bertz CT molecular complexity index is 249. The number of hydrogen-bond acceptors (Lipinski definition) is 4. The Morgan fingerprint density at radius 2 is 2.46 bits per heavy atom. The van der Waals surface area contributed by atoms with E-state index in [1.54, 1.807) is 6.92 Å². The minimum Gasteiger partial charge on any atom is -0.465 e. The molecule has 0 saturated heterocycles. The van der Waals surface area contributed by atoms with Crippen molar-refractivity contribution in [2.75, 3.05) is 6.61 Å². The summed E-state index contributed by atoms with van der Waals surface area (Å²) in [7, 11) is 0. The van der Waals surface area contributed by atoms with Gasteiger partial charge in [0.25, 0.3) is 5.91 Å². The number of carbonyl (C=O) groups is 2. The third-order valence-corrected chi connectivity index (χ3v) is 1.70. The molecule has 72 valence electrons. The van der Waals surface area contributed by atoms with Gasteiger partial charge in [-0.2, -0.15) is 0 Å². The van der Waals surface area contributed by atoms with Crippen molar-refractivity contribution >= 4 is 11.9 Å². The topological polar surface area (TPSA) is 75.6 Å². The second kappa shape index (κ2) is 4.04. The van der Waals surface area contributed by atoms with Gasteiger partial charge in [0.15, 0.2) is 0 Å². The molecule has 0 aromatic heterocycles. The maximum absolute atomic E-state index is 11.1. The second-order valence-electron chi connectivity index (χ2n) is 2.59. The molecule has 0 radical (unpaired) electrons. The Kier molecular flexibility index (Phi) is 3.02. The van der Waals surface area contributed by atoms with Crippen molar-refractivity contribution in [3.8, 4) is 0 Å². The van der Waals surface area contributed by atoms with Crippen molar-refractivity contribution in [1.82, 2.24) is 5.32 Å². The molecule has 0 bridgehead atoms. The molecule has 13 heavy (non-hydrogen) atoms. The van der Waals surface area contributed by atoms with Crippen molar-refractivity contribution in [1.29, 1.82) is 0 Å². The van der Waals surface area contributed by atoms with Crippen molar-refractivity contribution in [3.63, 3.8) is 0 Å². The van der Waals surface area contributed by atoms with E-state index in [2.05, 4.69) is 10.1 Å². The van der Waals surface area contributed by atoms with Crippen LogP contribution in [0, 0.1) is 5.92 Å². The van der Waals surface area contributed by atoms with Crippen LogP contribution in [0.2, 0.25) is 0 Å². The first-order valence-electron chi connectivity index (χ1n) is 3.98. The van der Waals surface area contributed by atoms with Crippen LogP contribution in [0.25, 0.3) is 0 Å². The predicted octanol–water partition coefficient (Wildman–Crippen LogP) is -0.830. The molecule has 0 spiro atoms. The zero-order valence-electron chi connectivity index (χ0n) is 7.19. The normalized spacial score (nSPS) is 26.8. The molecule has 5 nitrogen and oxygen atoms in total. The largest absolute Gasteiger partial charge is 0.465 e. The van der Waals surface area contributed by atoms with Gasteiger partial charge in [0.2, 0.25) is 0 Å². The first-order chi connectivity index (χ1) is 6.16. The fraction of sp³-hybridized carbons (Fsp3) is 0.500. The van der Waals surface area contributed by atoms with Gasteiger partial charge in [0.05, 0.1) is 6.61 Å². The maximum atomic E-state index is 11.1. The van der Waals surface area contributed by atoms with Crippen molar-refractivity contribution in [3.05, 3.63) is 12.3 Å². The van der Waals surface area contributed by atoms with E-state index in [1.165, 1.54) is 12.3 Å². The lowest BCUT2D eigenvalue weighted by Crippen LogP contribution is -2.43. The highest BCUT2D eigenvalue weighted by Crippen LogP contribution is 2.11. The van der Waals surface area contributed by atoms with Gasteiger partial charge in [-0.3, -0.25) is 9.59 Å². The Morgan fingerprint density at radius 1 is 1.77 bits per heavy atom. The fourth-order valence-corrected chi connectivity index (χ4v) is 1.03. The Hall–Kier alpha value is -1.36. The quantitative estimate of drug-likeness (QED) is 0.550. The van der Waals surface area contributed by atoms with E-state index in [-0.39, 0.29) is 6.61 Å². The molecule has 5 heteroatoms. The van der Waals surface area contributed by atoms with E-state index < -0.39 is 23.9 Å². The first kappa shape index (κ1) is 9.73. The summed E-state index contributed by atoms with van der Waals surface area (Å²) >= 11 is 0. The van der Waals surface area contributed by atoms with E-state index in [0.29, 0.717) is 0 Å². The van der Waals surface area contributed by atoms with Crippen molar-refractivity contribution in [2.45, 2.75) is 13.0 Å². The van der Waals surface area contributed by atoms with Gasteiger partial charge in [-0.15, -0.1) is 0 Å². The molecule has 1 rings (SSSR count). The van der Waals surface area contributed by atoms with Gasteiger partial charge < -0.3 is 15.2 Å². The number of esters is 1. The highest BCUT2D eigenvalue weighted by atomic mass is 16.5. The number of nitrogens with one attached hydrogen (secondary N) is 1. The molecule has 1 amide bonds. The van der Waals surface area contributed by atoms with E-state index >= 15 is 0 Å². The monoisotopic (exact) mass is 185 g/mol. The van der Waals surface area contributed by atoms with Crippen LogP contribution < -0.4 is 5.32 Å². The molecular weight excluding hydrogens is 174 g/mol. The molecule has 1 aliphatic rings. The summed E-state index contributed by atoms with van der Waals surface area (Å²) in [5, 5.41) is 11.6. The lowest BCUT2D eigenvalue weighted by Gasteiger charge is -2.20. The SMILES string of the molecule is CCOC(=O)C1C=CNC(=O)C1O. The Balaban J connectivity index is 2.68. The van der Waals surface area contributed by atoms with Crippen LogP contribution in [0.1, 0.15) is 6.92 Å². The van der Waals surface area contributed by atoms with Gasteiger partial charge in [-0.1, -0.05) is 6.08 Å². The van der Waals surface area contributed by atoms with Crippen LogP contribution in [0.15, 0.2) is 12.3 Å². The molecule has 0 saturated carbocycles. The standard InChI is InChI=1S/C8H11NO4/c1-2-13-8(12)5-3-4-9-7(11)6(5)10/h3-6,10H,2H2,1H3,(H,9,11). The first-order valence-corrected chi connectivity index (χ1v) is 3.98. The molecule has 1 aliphatic heterocycles. The number of amides is 1. The Labute approximate surface area is 75.4 Å². The number of rotatable bonds is 2. The van der Waals surface area contributed by atoms with Gasteiger partial charge >= 0.3 is 5.97 Å². The molecular formula is C8H11NO4.